The average molecular weight is 491 g/mol. The van der Waals surface area contributed by atoms with E-state index in [0.29, 0.717) is 60.4 Å². The van der Waals surface area contributed by atoms with Gasteiger partial charge in [-0.1, -0.05) is 24.3 Å². The summed E-state index contributed by atoms with van der Waals surface area (Å²) in [5, 5.41) is 2.92. The first-order valence-corrected chi connectivity index (χ1v) is 11.7. The topological polar surface area (TPSA) is 86.3 Å². The molecule has 4 rings (SSSR count). The van der Waals surface area contributed by atoms with Gasteiger partial charge < -0.3 is 24.3 Å². The lowest BCUT2D eigenvalue weighted by atomic mass is 10.1. The molecule has 8 heteroatoms. The van der Waals surface area contributed by atoms with Crippen LogP contribution in [-0.4, -0.2) is 52.3 Å². The van der Waals surface area contributed by atoms with E-state index in [4.69, 9.17) is 18.9 Å². The van der Waals surface area contributed by atoms with Crippen molar-refractivity contribution in [2.24, 2.45) is 0 Å². The third-order valence-electron chi connectivity index (χ3n) is 5.93. The van der Waals surface area contributed by atoms with Crippen molar-refractivity contribution in [1.82, 2.24) is 5.32 Å². The Kier molecular flexibility index (Phi) is 7.95. The molecule has 1 aliphatic heterocycles. The zero-order valence-electron chi connectivity index (χ0n) is 20.7. The van der Waals surface area contributed by atoms with Gasteiger partial charge in [-0.15, -0.1) is 0 Å². The van der Waals surface area contributed by atoms with Gasteiger partial charge in [0.05, 0.1) is 14.2 Å². The molecule has 0 saturated heterocycles. The fraction of sp³-hybridized carbons (Fsp3) is 0.286. The van der Waals surface area contributed by atoms with Crippen molar-refractivity contribution in [3.63, 3.8) is 0 Å². The van der Waals surface area contributed by atoms with Crippen LogP contribution in [0.1, 0.15) is 21.5 Å². The first kappa shape index (κ1) is 24.9. The molecule has 0 fully saturated rings. The number of ether oxygens (including phenoxy) is 4. The number of hydrogen-bond donors (Lipinski definition) is 1. The zero-order chi connectivity index (χ0) is 25.5. The highest BCUT2D eigenvalue weighted by molar-refractivity contribution is 6.09. The molecule has 0 aliphatic carbocycles. The molecule has 1 N–H and O–H groups in total. The number of fused-ring (bicyclic) bond motifs is 1. The third-order valence-corrected chi connectivity index (χ3v) is 5.93. The van der Waals surface area contributed by atoms with Gasteiger partial charge in [-0.05, 0) is 60.9 Å². The van der Waals surface area contributed by atoms with Crippen LogP contribution in [0.25, 0.3) is 0 Å². The van der Waals surface area contributed by atoms with Gasteiger partial charge in [-0.25, -0.2) is 0 Å². The highest BCUT2D eigenvalue weighted by Gasteiger charge is 2.24. The van der Waals surface area contributed by atoms with Crippen molar-refractivity contribution >= 4 is 17.5 Å². The van der Waals surface area contributed by atoms with Crippen LogP contribution < -0.4 is 29.2 Å². The molecular weight excluding hydrogens is 460 g/mol. The number of hydrogen-bond acceptors (Lipinski definition) is 6. The van der Waals surface area contributed by atoms with Gasteiger partial charge in [0.1, 0.15) is 19.8 Å². The molecule has 0 bridgehead atoms. The van der Waals surface area contributed by atoms with E-state index in [1.807, 2.05) is 49.4 Å². The lowest BCUT2D eigenvalue weighted by molar-refractivity contribution is -0.119. The summed E-state index contributed by atoms with van der Waals surface area (Å²) < 4.78 is 21.8. The van der Waals surface area contributed by atoms with E-state index < -0.39 is 0 Å². The molecular formula is C28H30N2O6. The number of methoxy groups -OCH3 is 2. The number of anilines is 1. The molecule has 2 amide bonds. The van der Waals surface area contributed by atoms with Crippen LogP contribution in [0, 0.1) is 6.92 Å². The molecule has 1 heterocycles. The minimum Gasteiger partial charge on any atom is -0.493 e. The van der Waals surface area contributed by atoms with Crippen LogP contribution in [0.3, 0.4) is 0 Å². The second kappa shape index (κ2) is 11.5. The van der Waals surface area contributed by atoms with E-state index in [1.54, 1.807) is 32.4 Å². The SMILES string of the molecule is COc1ccc(CCNC(=O)CN(C(=O)c2ccc3c(c2)OCCO3)c2ccccc2C)cc1OC. The van der Waals surface area contributed by atoms with E-state index in [1.165, 1.54) is 4.90 Å². The van der Waals surface area contributed by atoms with E-state index >= 15 is 0 Å². The number of nitrogens with one attached hydrogen (secondary N) is 1. The summed E-state index contributed by atoms with van der Waals surface area (Å²) in [7, 11) is 3.17. The van der Waals surface area contributed by atoms with Crippen LogP contribution in [-0.2, 0) is 11.2 Å². The Morgan fingerprint density at radius 2 is 1.67 bits per heavy atom. The molecule has 0 saturated carbocycles. The molecule has 3 aromatic rings. The number of rotatable bonds is 9. The summed E-state index contributed by atoms with van der Waals surface area (Å²) in [4.78, 5) is 28.0. The van der Waals surface area contributed by atoms with Gasteiger partial charge in [0, 0.05) is 17.8 Å². The zero-order valence-corrected chi connectivity index (χ0v) is 20.7. The molecule has 0 aromatic heterocycles. The summed E-state index contributed by atoms with van der Waals surface area (Å²) in [5.41, 5.74) is 2.98. The molecule has 36 heavy (non-hydrogen) atoms. The van der Waals surface area contributed by atoms with Crippen LogP contribution in [0.4, 0.5) is 5.69 Å². The molecule has 0 radical (unpaired) electrons. The Labute approximate surface area is 210 Å². The predicted octanol–water partition coefficient (Wildman–Crippen LogP) is 3.79. The van der Waals surface area contributed by atoms with Gasteiger partial charge in [-0.2, -0.15) is 0 Å². The Bertz CT molecular complexity index is 1240. The maximum absolute atomic E-state index is 13.6. The highest BCUT2D eigenvalue weighted by atomic mass is 16.6. The van der Waals surface area contributed by atoms with Gasteiger partial charge in [-0.3, -0.25) is 14.5 Å². The van der Waals surface area contributed by atoms with E-state index in [9.17, 15) is 9.59 Å². The molecule has 188 valence electrons. The number of nitrogens with zero attached hydrogens (tertiary/aromatic N) is 1. The standard InChI is InChI=1S/C28H30N2O6/c1-19-6-4-5-7-22(19)30(28(32)21-9-11-24-26(17-21)36-15-14-35-24)18-27(31)29-13-12-20-8-10-23(33-2)25(16-20)34-3/h4-11,16-17H,12-15,18H2,1-3H3,(H,29,31). The number of carbonyl (C=O) groups excluding carboxylic acids is 2. The smallest absolute Gasteiger partial charge is 0.258 e. The van der Waals surface area contributed by atoms with Crippen molar-refractivity contribution in [3.8, 4) is 23.0 Å². The number of benzene rings is 3. The van der Waals surface area contributed by atoms with Crippen LogP contribution in [0.15, 0.2) is 60.7 Å². The van der Waals surface area contributed by atoms with Crippen molar-refractivity contribution in [2.75, 3.05) is 45.4 Å². The van der Waals surface area contributed by atoms with E-state index in [0.717, 1.165) is 11.1 Å². The third kappa shape index (κ3) is 5.71. The first-order chi connectivity index (χ1) is 17.5. The Morgan fingerprint density at radius 3 is 2.42 bits per heavy atom. The molecule has 0 atom stereocenters. The quantitative estimate of drug-likeness (QED) is 0.491. The minimum atomic E-state index is -0.295. The van der Waals surface area contributed by atoms with E-state index in [-0.39, 0.29) is 18.4 Å². The lowest BCUT2D eigenvalue weighted by Crippen LogP contribution is -2.41. The van der Waals surface area contributed by atoms with Gasteiger partial charge >= 0.3 is 0 Å². The Balaban J connectivity index is 1.47. The minimum absolute atomic E-state index is 0.121. The van der Waals surface area contributed by atoms with Gasteiger partial charge in [0.2, 0.25) is 5.91 Å². The number of aryl methyl sites for hydroxylation is 1. The van der Waals surface area contributed by atoms with Crippen LogP contribution in [0.5, 0.6) is 23.0 Å². The summed E-state index contributed by atoms with van der Waals surface area (Å²) in [6.07, 6.45) is 0.604. The second-order valence-corrected chi connectivity index (χ2v) is 8.33. The average Bonchev–Trinajstić information content (AvgIpc) is 2.91. The lowest BCUT2D eigenvalue weighted by Gasteiger charge is -2.25. The fourth-order valence-electron chi connectivity index (χ4n) is 4.05. The number of para-hydroxylation sites is 1. The summed E-state index contributed by atoms with van der Waals surface area (Å²) in [6, 6.07) is 18.2. The van der Waals surface area contributed by atoms with E-state index in [2.05, 4.69) is 5.32 Å². The second-order valence-electron chi connectivity index (χ2n) is 8.33. The van der Waals surface area contributed by atoms with Crippen molar-refractivity contribution in [3.05, 3.63) is 77.4 Å². The molecule has 0 spiro atoms. The maximum Gasteiger partial charge on any atom is 0.258 e. The fourth-order valence-corrected chi connectivity index (χ4v) is 4.05. The summed E-state index contributed by atoms with van der Waals surface area (Å²) in [6.45, 7) is 3.10. The molecule has 1 aliphatic rings. The summed E-state index contributed by atoms with van der Waals surface area (Å²) in [5.74, 6) is 1.86. The van der Waals surface area contributed by atoms with Crippen LogP contribution in [0.2, 0.25) is 0 Å². The van der Waals surface area contributed by atoms with Gasteiger partial charge in [0.25, 0.3) is 5.91 Å². The molecule has 3 aromatic carbocycles. The summed E-state index contributed by atoms with van der Waals surface area (Å²) >= 11 is 0. The van der Waals surface area contributed by atoms with Crippen molar-refractivity contribution < 1.29 is 28.5 Å². The maximum atomic E-state index is 13.6. The molecule has 8 nitrogen and oxygen atoms in total. The number of amides is 2. The normalized spacial score (nSPS) is 12.0. The molecule has 0 unspecified atom stereocenters. The Hall–Kier alpha value is -4.20. The largest absolute Gasteiger partial charge is 0.493 e. The van der Waals surface area contributed by atoms with Crippen molar-refractivity contribution in [1.29, 1.82) is 0 Å². The van der Waals surface area contributed by atoms with Crippen LogP contribution >= 0.6 is 0 Å². The first-order valence-electron chi connectivity index (χ1n) is 11.7. The van der Waals surface area contributed by atoms with Crippen molar-refractivity contribution in [2.45, 2.75) is 13.3 Å². The number of carbonyl (C=O) groups is 2. The van der Waals surface area contributed by atoms with Gasteiger partial charge in [0.15, 0.2) is 23.0 Å². The predicted molar refractivity (Wildman–Crippen MR) is 137 cm³/mol. The highest BCUT2D eigenvalue weighted by Crippen LogP contribution is 2.32. The Morgan fingerprint density at radius 1 is 0.917 bits per heavy atom. The monoisotopic (exact) mass is 490 g/mol.